The normalized spacial score (nSPS) is 16.2. The second-order valence-electron chi connectivity index (χ2n) is 8.75. The largest absolute Gasteiger partial charge is 0.466 e. The molecule has 0 spiro atoms. The molecular formula is C27H32N4O6. The first-order valence-electron chi connectivity index (χ1n) is 12.6. The van der Waals surface area contributed by atoms with E-state index in [0.717, 1.165) is 42.9 Å². The number of aryl methyl sites for hydroxylation is 1. The molecule has 2 aliphatic rings. The van der Waals surface area contributed by atoms with Crippen LogP contribution in [0.3, 0.4) is 0 Å². The molecule has 10 heteroatoms. The summed E-state index contributed by atoms with van der Waals surface area (Å²) in [4.78, 5) is 41.1. The van der Waals surface area contributed by atoms with Crippen LogP contribution in [0.1, 0.15) is 54.9 Å². The molecule has 196 valence electrons. The molecule has 1 atom stereocenters. The van der Waals surface area contributed by atoms with Crippen LogP contribution in [0.25, 0.3) is 0 Å². The lowest BCUT2D eigenvalue weighted by molar-refractivity contribution is -0.143. The van der Waals surface area contributed by atoms with Crippen molar-refractivity contribution in [3.8, 4) is 11.5 Å². The molecule has 4 rings (SSSR count). The Morgan fingerprint density at radius 3 is 2.78 bits per heavy atom. The van der Waals surface area contributed by atoms with Gasteiger partial charge in [0.1, 0.15) is 5.84 Å². The summed E-state index contributed by atoms with van der Waals surface area (Å²) >= 11 is 0. The van der Waals surface area contributed by atoms with Crippen molar-refractivity contribution in [2.24, 2.45) is 4.99 Å². The summed E-state index contributed by atoms with van der Waals surface area (Å²) in [6.45, 7) is 2.69. The standard InChI is InChI=1S/C27H32N4O6/c1-2-35-25(33)13-11-18-10-12-21-22(15-18)37-27(36-21)31-24(32)17-29-26(34)19-7-6-8-20(16-19)30-23-9-4-3-5-14-28-23/h6-8,10,12,15-16,27H,2-5,9,11,13-14,17H2,1H3,(H,28,30)(H,29,34)(H,31,32). The molecule has 10 nitrogen and oxygen atoms in total. The van der Waals surface area contributed by atoms with Crippen LogP contribution in [0.2, 0.25) is 0 Å². The number of nitrogens with one attached hydrogen (secondary N) is 3. The topological polar surface area (TPSA) is 127 Å². The number of ether oxygens (including phenoxy) is 3. The van der Waals surface area contributed by atoms with Crippen LogP contribution in [0.4, 0.5) is 5.69 Å². The van der Waals surface area contributed by atoms with Crippen LogP contribution < -0.4 is 25.4 Å². The van der Waals surface area contributed by atoms with Crippen molar-refractivity contribution in [1.82, 2.24) is 10.6 Å². The van der Waals surface area contributed by atoms with Crippen LogP contribution in [0, 0.1) is 0 Å². The van der Waals surface area contributed by atoms with Gasteiger partial charge in [0.25, 0.3) is 5.91 Å². The monoisotopic (exact) mass is 508 g/mol. The molecule has 2 amide bonds. The van der Waals surface area contributed by atoms with Crippen LogP contribution in [-0.2, 0) is 20.7 Å². The highest BCUT2D eigenvalue weighted by atomic mass is 16.7. The number of amides is 2. The van der Waals surface area contributed by atoms with E-state index in [9.17, 15) is 14.4 Å². The zero-order chi connectivity index (χ0) is 26.0. The van der Waals surface area contributed by atoms with E-state index in [4.69, 9.17) is 14.2 Å². The molecule has 37 heavy (non-hydrogen) atoms. The fourth-order valence-corrected chi connectivity index (χ4v) is 4.02. The molecule has 0 saturated heterocycles. The molecule has 2 aromatic carbocycles. The van der Waals surface area contributed by atoms with Gasteiger partial charge in [-0.3, -0.25) is 24.7 Å². The first-order valence-corrected chi connectivity index (χ1v) is 12.6. The summed E-state index contributed by atoms with van der Waals surface area (Å²) in [7, 11) is 0. The minimum atomic E-state index is -1.01. The number of carbonyl (C=O) groups is 3. The fraction of sp³-hybridized carbons (Fsp3) is 0.407. The SMILES string of the molecule is CCOC(=O)CCc1ccc2c(c1)OC(NC(=O)CNC(=O)c1cccc(NC3=NCCCCC3)c1)O2. The van der Waals surface area contributed by atoms with E-state index in [-0.39, 0.29) is 24.8 Å². The van der Waals surface area contributed by atoms with Crippen molar-refractivity contribution >= 4 is 29.3 Å². The summed E-state index contributed by atoms with van der Waals surface area (Å²) in [5, 5.41) is 8.50. The van der Waals surface area contributed by atoms with Gasteiger partial charge in [0.15, 0.2) is 11.5 Å². The van der Waals surface area contributed by atoms with Gasteiger partial charge < -0.3 is 24.8 Å². The fourth-order valence-electron chi connectivity index (χ4n) is 4.02. The predicted octanol–water partition coefficient (Wildman–Crippen LogP) is 3.17. The minimum absolute atomic E-state index is 0.243. The van der Waals surface area contributed by atoms with Gasteiger partial charge >= 0.3 is 12.4 Å². The Labute approximate surface area is 215 Å². The van der Waals surface area contributed by atoms with E-state index in [1.54, 1.807) is 37.3 Å². The predicted molar refractivity (Wildman–Crippen MR) is 138 cm³/mol. The van der Waals surface area contributed by atoms with Crippen molar-refractivity contribution in [3.05, 3.63) is 53.6 Å². The quantitative estimate of drug-likeness (QED) is 0.444. The lowest BCUT2D eigenvalue weighted by Crippen LogP contribution is -2.45. The molecule has 0 saturated carbocycles. The number of rotatable bonds is 9. The number of fused-ring (bicyclic) bond motifs is 1. The molecule has 0 aromatic heterocycles. The van der Waals surface area contributed by atoms with Gasteiger partial charge in [-0.1, -0.05) is 18.6 Å². The Kier molecular flexibility index (Phi) is 8.96. The molecule has 0 bridgehead atoms. The summed E-state index contributed by atoms with van der Waals surface area (Å²) in [6.07, 6.45) is 4.01. The molecule has 3 N–H and O–H groups in total. The van der Waals surface area contributed by atoms with Crippen molar-refractivity contribution in [1.29, 1.82) is 0 Å². The number of hydrogen-bond donors (Lipinski definition) is 3. The van der Waals surface area contributed by atoms with E-state index >= 15 is 0 Å². The van der Waals surface area contributed by atoms with Crippen molar-refractivity contribution in [3.63, 3.8) is 0 Å². The average Bonchev–Trinajstić information content (AvgIpc) is 3.11. The Hall–Kier alpha value is -4.08. The van der Waals surface area contributed by atoms with E-state index < -0.39 is 12.3 Å². The van der Waals surface area contributed by atoms with E-state index in [2.05, 4.69) is 20.9 Å². The molecule has 0 fully saturated rings. The van der Waals surface area contributed by atoms with Gasteiger partial charge in [0.2, 0.25) is 5.91 Å². The number of esters is 1. The highest BCUT2D eigenvalue weighted by Crippen LogP contribution is 2.35. The summed E-state index contributed by atoms with van der Waals surface area (Å²) in [5.74, 6) is 0.790. The molecule has 2 aromatic rings. The third kappa shape index (κ3) is 7.70. The average molecular weight is 509 g/mol. The maximum absolute atomic E-state index is 12.6. The minimum Gasteiger partial charge on any atom is -0.466 e. The molecule has 2 aliphatic heterocycles. The number of aliphatic imine (C=N–C) groups is 1. The van der Waals surface area contributed by atoms with E-state index in [1.807, 2.05) is 12.1 Å². The highest BCUT2D eigenvalue weighted by Gasteiger charge is 2.26. The van der Waals surface area contributed by atoms with Gasteiger partial charge in [0, 0.05) is 30.6 Å². The molecule has 1 unspecified atom stereocenters. The third-order valence-electron chi connectivity index (χ3n) is 5.88. The second kappa shape index (κ2) is 12.8. The lowest BCUT2D eigenvalue weighted by atomic mass is 10.1. The Morgan fingerprint density at radius 1 is 1.05 bits per heavy atom. The first kappa shape index (κ1) is 26.0. The zero-order valence-corrected chi connectivity index (χ0v) is 20.9. The Morgan fingerprint density at radius 2 is 1.92 bits per heavy atom. The number of amidine groups is 1. The lowest BCUT2D eigenvalue weighted by Gasteiger charge is -2.13. The highest BCUT2D eigenvalue weighted by molar-refractivity contribution is 5.99. The van der Waals surface area contributed by atoms with Gasteiger partial charge in [-0.05, 0) is 62.1 Å². The van der Waals surface area contributed by atoms with Crippen molar-refractivity contribution < 1.29 is 28.6 Å². The van der Waals surface area contributed by atoms with Gasteiger partial charge in [-0.25, -0.2) is 0 Å². The summed E-state index contributed by atoms with van der Waals surface area (Å²) in [6, 6.07) is 12.4. The number of hydrogen-bond acceptors (Lipinski definition) is 8. The number of nitrogens with zero attached hydrogens (tertiary/aromatic N) is 1. The molecule has 0 aliphatic carbocycles. The van der Waals surface area contributed by atoms with Crippen LogP contribution in [-0.4, -0.2) is 49.7 Å². The maximum atomic E-state index is 12.6. The van der Waals surface area contributed by atoms with Crippen LogP contribution >= 0.6 is 0 Å². The first-order chi connectivity index (χ1) is 18.0. The van der Waals surface area contributed by atoms with Crippen LogP contribution in [0.5, 0.6) is 11.5 Å². The number of benzene rings is 2. The summed E-state index contributed by atoms with van der Waals surface area (Å²) in [5.41, 5.74) is 2.10. The van der Waals surface area contributed by atoms with Gasteiger partial charge in [-0.15, -0.1) is 0 Å². The Balaban J connectivity index is 1.23. The smallest absolute Gasteiger partial charge is 0.327 e. The van der Waals surface area contributed by atoms with Crippen molar-refractivity contribution in [2.75, 3.05) is 25.0 Å². The zero-order valence-electron chi connectivity index (χ0n) is 20.9. The Bertz CT molecular complexity index is 1170. The van der Waals surface area contributed by atoms with Crippen molar-refractivity contribution in [2.45, 2.75) is 51.9 Å². The number of carbonyl (C=O) groups excluding carboxylic acids is 3. The molecular weight excluding hydrogens is 476 g/mol. The molecule has 2 heterocycles. The third-order valence-corrected chi connectivity index (χ3v) is 5.88. The van der Waals surface area contributed by atoms with Gasteiger partial charge in [-0.2, -0.15) is 0 Å². The molecule has 0 radical (unpaired) electrons. The second-order valence-corrected chi connectivity index (χ2v) is 8.75. The van der Waals surface area contributed by atoms with Crippen LogP contribution in [0.15, 0.2) is 47.5 Å². The maximum Gasteiger partial charge on any atom is 0.327 e. The summed E-state index contributed by atoms with van der Waals surface area (Å²) < 4.78 is 16.2. The van der Waals surface area contributed by atoms with E-state index in [1.165, 1.54) is 6.42 Å². The number of anilines is 1. The van der Waals surface area contributed by atoms with E-state index in [0.29, 0.717) is 30.1 Å². The van der Waals surface area contributed by atoms with Gasteiger partial charge in [0.05, 0.1) is 13.2 Å².